The second-order valence-corrected chi connectivity index (χ2v) is 4.09. The molecule has 1 aromatic heterocycles. The van der Waals surface area contributed by atoms with Crippen molar-refractivity contribution in [2.45, 2.75) is 6.92 Å². The quantitative estimate of drug-likeness (QED) is 0.866. The predicted octanol–water partition coefficient (Wildman–Crippen LogP) is 2.64. The smallest absolute Gasteiger partial charge is 0.222 e. The minimum atomic E-state index is 0.206. The number of hydrogen-bond acceptors (Lipinski definition) is 5. The van der Waals surface area contributed by atoms with Gasteiger partial charge in [-0.2, -0.15) is 10.2 Å². The van der Waals surface area contributed by atoms with Gasteiger partial charge in [0.25, 0.3) is 0 Å². The molecule has 0 saturated heterocycles. The SMILES string of the molecule is Cc1cc(Nc2ccc(C#N)c(Cl)c2)nc(N)n1. The van der Waals surface area contributed by atoms with Gasteiger partial charge in [0.1, 0.15) is 11.9 Å². The second-order valence-electron chi connectivity index (χ2n) is 3.68. The van der Waals surface area contributed by atoms with Crippen molar-refractivity contribution < 1.29 is 0 Å². The number of nitrogens with zero attached hydrogens (tertiary/aromatic N) is 3. The monoisotopic (exact) mass is 259 g/mol. The molecule has 0 saturated carbocycles. The summed E-state index contributed by atoms with van der Waals surface area (Å²) in [6, 6.07) is 8.82. The minimum Gasteiger partial charge on any atom is -0.368 e. The molecule has 0 aliphatic rings. The predicted molar refractivity (Wildman–Crippen MR) is 70.6 cm³/mol. The number of nitrogens with one attached hydrogen (secondary N) is 1. The van der Waals surface area contributed by atoms with Crippen LogP contribution in [0.5, 0.6) is 0 Å². The van der Waals surface area contributed by atoms with Crippen LogP contribution in [0.4, 0.5) is 17.5 Å². The zero-order valence-corrected chi connectivity index (χ0v) is 10.4. The van der Waals surface area contributed by atoms with Gasteiger partial charge in [0.15, 0.2) is 0 Å². The standard InChI is InChI=1S/C12H10ClN5/c1-7-4-11(18-12(15)16-7)17-9-3-2-8(6-14)10(13)5-9/h2-5H,1H3,(H3,15,16,17,18). The van der Waals surface area contributed by atoms with Crippen LogP contribution in [0.2, 0.25) is 5.02 Å². The van der Waals surface area contributed by atoms with Gasteiger partial charge in [0, 0.05) is 17.4 Å². The molecule has 90 valence electrons. The molecule has 0 amide bonds. The number of benzene rings is 1. The highest BCUT2D eigenvalue weighted by atomic mass is 35.5. The van der Waals surface area contributed by atoms with Gasteiger partial charge in [-0.25, -0.2) is 4.98 Å². The lowest BCUT2D eigenvalue weighted by Crippen LogP contribution is -2.01. The molecule has 0 fully saturated rings. The molecule has 6 heteroatoms. The van der Waals surface area contributed by atoms with Gasteiger partial charge in [-0.3, -0.25) is 0 Å². The van der Waals surface area contributed by atoms with Gasteiger partial charge < -0.3 is 11.1 Å². The van der Waals surface area contributed by atoms with E-state index in [0.717, 1.165) is 11.4 Å². The van der Waals surface area contributed by atoms with Gasteiger partial charge in [-0.1, -0.05) is 11.6 Å². The van der Waals surface area contributed by atoms with E-state index in [2.05, 4.69) is 15.3 Å². The molecule has 0 radical (unpaired) electrons. The Labute approximate surface area is 109 Å². The lowest BCUT2D eigenvalue weighted by Gasteiger charge is -2.07. The third-order valence-corrected chi connectivity index (χ3v) is 2.55. The molecule has 2 rings (SSSR count). The van der Waals surface area contributed by atoms with Gasteiger partial charge in [0.05, 0.1) is 10.6 Å². The molecule has 2 aromatic rings. The van der Waals surface area contributed by atoms with E-state index in [0.29, 0.717) is 16.4 Å². The first-order valence-corrected chi connectivity index (χ1v) is 5.54. The number of aryl methyl sites for hydroxylation is 1. The largest absolute Gasteiger partial charge is 0.368 e. The molecular weight excluding hydrogens is 250 g/mol. The van der Waals surface area contributed by atoms with E-state index in [1.807, 2.05) is 13.0 Å². The van der Waals surface area contributed by atoms with E-state index < -0.39 is 0 Å². The topological polar surface area (TPSA) is 87.6 Å². The Hall–Kier alpha value is -2.32. The normalized spacial score (nSPS) is 9.83. The van der Waals surface area contributed by atoms with Crippen molar-refractivity contribution in [3.8, 4) is 6.07 Å². The summed E-state index contributed by atoms with van der Waals surface area (Å²) in [4.78, 5) is 8.03. The summed E-state index contributed by atoms with van der Waals surface area (Å²) in [5.41, 5.74) is 7.49. The molecular formula is C12H10ClN5. The fourth-order valence-corrected chi connectivity index (χ4v) is 1.71. The maximum Gasteiger partial charge on any atom is 0.222 e. The fraction of sp³-hybridized carbons (Fsp3) is 0.0833. The van der Waals surface area contributed by atoms with Crippen LogP contribution in [0, 0.1) is 18.3 Å². The highest BCUT2D eigenvalue weighted by Crippen LogP contribution is 2.22. The zero-order valence-electron chi connectivity index (χ0n) is 9.61. The minimum absolute atomic E-state index is 0.206. The van der Waals surface area contributed by atoms with Crippen molar-refractivity contribution >= 4 is 29.1 Å². The number of rotatable bonds is 2. The average Bonchev–Trinajstić information content (AvgIpc) is 2.27. The summed E-state index contributed by atoms with van der Waals surface area (Å²) in [5.74, 6) is 0.790. The van der Waals surface area contributed by atoms with Gasteiger partial charge >= 0.3 is 0 Å². The zero-order chi connectivity index (χ0) is 13.1. The van der Waals surface area contributed by atoms with Crippen LogP contribution in [0.1, 0.15) is 11.3 Å². The number of anilines is 3. The van der Waals surface area contributed by atoms with Gasteiger partial charge in [0.2, 0.25) is 5.95 Å². The first kappa shape index (κ1) is 12.1. The number of nitriles is 1. The molecule has 1 aromatic carbocycles. The highest BCUT2D eigenvalue weighted by Gasteiger charge is 2.03. The molecule has 5 nitrogen and oxygen atoms in total. The molecule has 0 bridgehead atoms. The number of hydrogen-bond donors (Lipinski definition) is 2. The Bertz CT molecular complexity index is 613. The van der Waals surface area contributed by atoms with Crippen molar-refractivity contribution in [1.29, 1.82) is 5.26 Å². The van der Waals surface area contributed by atoms with E-state index in [9.17, 15) is 0 Å². The third kappa shape index (κ3) is 2.67. The van der Waals surface area contributed by atoms with Gasteiger partial charge in [-0.05, 0) is 25.1 Å². The maximum atomic E-state index is 8.78. The first-order valence-electron chi connectivity index (χ1n) is 5.16. The maximum absolute atomic E-state index is 8.78. The molecule has 18 heavy (non-hydrogen) atoms. The van der Waals surface area contributed by atoms with Crippen molar-refractivity contribution in [3.05, 3.63) is 40.5 Å². The molecule has 0 spiro atoms. The lowest BCUT2D eigenvalue weighted by molar-refractivity contribution is 1.12. The van der Waals surface area contributed by atoms with E-state index in [4.69, 9.17) is 22.6 Å². The van der Waals surface area contributed by atoms with E-state index in [1.165, 1.54) is 0 Å². The van der Waals surface area contributed by atoms with Crippen LogP contribution in [-0.2, 0) is 0 Å². The van der Waals surface area contributed by atoms with Crippen LogP contribution >= 0.6 is 11.6 Å². The van der Waals surface area contributed by atoms with Crippen LogP contribution in [0.15, 0.2) is 24.3 Å². The van der Waals surface area contributed by atoms with Crippen LogP contribution < -0.4 is 11.1 Å². The summed E-state index contributed by atoms with van der Waals surface area (Å²) in [7, 11) is 0. The Morgan fingerprint density at radius 3 is 2.72 bits per heavy atom. The molecule has 0 unspecified atom stereocenters. The van der Waals surface area contributed by atoms with E-state index in [1.54, 1.807) is 24.3 Å². The molecule has 0 aliphatic carbocycles. The summed E-state index contributed by atoms with van der Waals surface area (Å²) in [6.07, 6.45) is 0. The molecule has 3 N–H and O–H groups in total. The Balaban J connectivity index is 2.29. The summed E-state index contributed by atoms with van der Waals surface area (Å²) in [6.45, 7) is 1.83. The Kier molecular flexibility index (Phi) is 3.31. The summed E-state index contributed by atoms with van der Waals surface area (Å²) < 4.78 is 0. The van der Waals surface area contributed by atoms with E-state index >= 15 is 0 Å². The molecule has 0 atom stereocenters. The molecule has 1 heterocycles. The van der Waals surface area contributed by atoms with Crippen LogP contribution in [0.25, 0.3) is 0 Å². The summed E-state index contributed by atoms with van der Waals surface area (Å²) in [5, 5.41) is 12.2. The van der Waals surface area contributed by atoms with Crippen LogP contribution in [0.3, 0.4) is 0 Å². The van der Waals surface area contributed by atoms with Crippen molar-refractivity contribution in [2.24, 2.45) is 0 Å². The van der Waals surface area contributed by atoms with Crippen molar-refractivity contribution in [1.82, 2.24) is 9.97 Å². The number of aromatic nitrogens is 2. The first-order chi connectivity index (χ1) is 8.58. The fourth-order valence-electron chi connectivity index (χ4n) is 1.49. The number of nitrogens with two attached hydrogens (primary N) is 1. The van der Waals surface area contributed by atoms with Crippen molar-refractivity contribution in [3.63, 3.8) is 0 Å². The highest BCUT2D eigenvalue weighted by molar-refractivity contribution is 6.32. The second kappa shape index (κ2) is 4.90. The summed E-state index contributed by atoms with van der Waals surface area (Å²) >= 11 is 5.94. The average molecular weight is 260 g/mol. The lowest BCUT2D eigenvalue weighted by atomic mass is 10.2. The van der Waals surface area contributed by atoms with E-state index in [-0.39, 0.29) is 5.95 Å². The molecule has 0 aliphatic heterocycles. The third-order valence-electron chi connectivity index (χ3n) is 2.23. The number of nitrogen functional groups attached to an aromatic ring is 1. The number of halogens is 1. The van der Waals surface area contributed by atoms with Crippen molar-refractivity contribution in [2.75, 3.05) is 11.1 Å². The Morgan fingerprint density at radius 1 is 1.33 bits per heavy atom. The van der Waals surface area contributed by atoms with Crippen LogP contribution in [-0.4, -0.2) is 9.97 Å². The van der Waals surface area contributed by atoms with Gasteiger partial charge in [-0.15, -0.1) is 0 Å². The Morgan fingerprint density at radius 2 is 2.11 bits per heavy atom.